The average molecular weight is 192 g/mol. The molecular weight excluding hydrogens is 184 g/mol. The van der Waals surface area contributed by atoms with Crippen LogP contribution >= 0.6 is 11.3 Å². The van der Waals surface area contributed by atoms with Crippen LogP contribution in [0.25, 0.3) is 0 Å². The van der Waals surface area contributed by atoms with Crippen LogP contribution in [0.15, 0.2) is 30.0 Å². The first-order chi connectivity index (χ1) is 6.34. The van der Waals surface area contributed by atoms with E-state index >= 15 is 0 Å². The van der Waals surface area contributed by atoms with Crippen molar-refractivity contribution >= 4 is 27.8 Å². The standard InChI is InChI=1S/C8H8N4S/c9-6-3-7(5-10-4-6)12-8-11-1-2-13-8/h1-5H,9H2,(H,11,12). The Morgan fingerprint density at radius 3 is 3.00 bits per heavy atom. The van der Waals surface area contributed by atoms with E-state index in [0.717, 1.165) is 10.8 Å². The van der Waals surface area contributed by atoms with Crippen LogP contribution in [0.5, 0.6) is 0 Å². The highest BCUT2D eigenvalue weighted by Crippen LogP contribution is 2.18. The van der Waals surface area contributed by atoms with Crippen molar-refractivity contribution in [3.8, 4) is 0 Å². The molecule has 0 atom stereocenters. The van der Waals surface area contributed by atoms with E-state index in [-0.39, 0.29) is 0 Å². The molecule has 0 radical (unpaired) electrons. The molecule has 5 heteroatoms. The molecule has 13 heavy (non-hydrogen) atoms. The van der Waals surface area contributed by atoms with Crippen molar-refractivity contribution in [3.63, 3.8) is 0 Å². The lowest BCUT2D eigenvalue weighted by molar-refractivity contribution is 1.31. The number of nitrogen functional groups attached to an aromatic ring is 1. The van der Waals surface area contributed by atoms with Crippen LogP contribution < -0.4 is 11.1 Å². The van der Waals surface area contributed by atoms with Gasteiger partial charge in [-0.15, -0.1) is 11.3 Å². The largest absolute Gasteiger partial charge is 0.397 e. The molecule has 0 saturated heterocycles. The Morgan fingerprint density at radius 1 is 1.38 bits per heavy atom. The Labute approximate surface area is 79.5 Å². The van der Waals surface area contributed by atoms with Crippen LogP contribution in [-0.4, -0.2) is 9.97 Å². The van der Waals surface area contributed by atoms with Crippen LogP contribution in [0, 0.1) is 0 Å². The summed E-state index contributed by atoms with van der Waals surface area (Å²) < 4.78 is 0. The summed E-state index contributed by atoms with van der Waals surface area (Å²) in [5.74, 6) is 0. The molecule has 2 aromatic rings. The molecule has 0 saturated carbocycles. The number of pyridine rings is 1. The summed E-state index contributed by atoms with van der Waals surface area (Å²) in [7, 11) is 0. The fourth-order valence-corrected chi connectivity index (χ4v) is 1.48. The number of nitrogens with two attached hydrogens (primary N) is 1. The van der Waals surface area contributed by atoms with Gasteiger partial charge in [-0.1, -0.05) is 0 Å². The number of rotatable bonds is 2. The van der Waals surface area contributed by atoms with Gasteiger partial charge in [-0.25, -0.2) is 4.98 Å². The number of hydrogen-bond acceptors (Lipinski definition) is 5. The Balaban J connectivity index is 2.19. The van der Waals surface area contributed by atoms with Crippen molar-refractivity contribution < 1.29 is 0 Å². The number of anilines is 3. The zero-order chi connectivity index (χ0) is 9.10. The highest BCUT2D eigenvalue weighted by atomic mass is 32.1. The second-order valence-electron chi connectivity index (χ2n) is 2.47. The summed E-state index contributed by atoms with van der Waals surface area (Å²) in [4.78, 5) is 8.03. The van der Waals surface area contributed by atoms with E-state index in [1.807, 2.05) is 11.4 Å². The maximum Gasteiger partial charge on any atom is 0.187 e. The monoisotopic (exact) mass is 192 g/mol. The molecule has 0 amide bonds. The van der Waals surface area contributed by atoms with Gasteiger partial charge in [0.25, 0.3) is 0 Å². The van der Waals surface area contributed by atoms with Gasteiger partial charge in [0.1, 0.15) is 0 Å². The van der Waals surface area contributed by atoms with Crippen LogP contribution in [0.3, 0.4) is 0 Å². The van der Waals surface area contributed by atoms with Crippen molar-refractivity contribution in [2.24, 2.45) is 0 Å². The minimum atomic E-state index is 0.640. The van der Waals surface area contributed by atoms with Crippen LogP contribution in [-0.2, 0) is 0 Å². The fraction of sp³-hybridized carbons (Fsp3) is 0. The molecular formula is C8H8N4S. The third-order valence-corrected chi connectivity index (χ3v) is 2.13. The van der Waals surface area contributed by atoms with Crippen LogP contribution in [0.1, 0.15) is 0 Å². The average Bonchev–Trinajstić information content (AvgIpc) is 2.57. The summed E-state index contributed by atoms with van der Waals surface area (Å²) in [6, 6.07) is 1.81. The lowest BCUT2D eigenvalue weighted by atomic mass is 10.4. The lowest BCUT2D eigenvalue weighted by Crippen LogP contribution is -1.92. The van der Waals surface area contributed by atoms with Crippen molar-refractivity contribution in [2.75, 3.05) is 11.1 Å². The van der Waals surface area contributed by atoms with Crippen molar-refractivity contribution in [1.82, 2.24) is 9.97 Å². The smallest absolute Gasteiger partial charge is 0.187 e. The van der Waals surface area contributed by atoms with E-state index in [1.165, 1.54) is 11.3 Å². The molecule has 4 nitrogen and oxygen atoms in total. The predicted molar refractivity (Wildman–Crippen MR) is 54.0 cm³/mol. The van der Waals surface area contributed by atoms with E-state index in [9.17, 15) is 0 Å². The van der Waals surface area contributed by atoms with Gasteiger partial charge in [-0.2, -0.15) is 0 Å². The third kappa shape index (κ3) is 1.94. The third-order valence-electron chi connectivity index (χ3n) is 1.44. The molecule has 2 heterocycles. The predicted octanol–water partition coefficient (Wildman–Crippen LogP) is 1.86. The summed E-state index contributed by atoms with van der Waals surface area (Å²) in [6.45, 7) is 0. The van der Waals surface area contributed by atoms with Gasteiger partial charge in [0, 0.05) is 17.8 Å². The van der Waals surface area contributed by atoms with Crippen LogP contribution in [0.2, 0.25) is 0 Å². The van der Waals surface area contributed by atoms with Gasteiger partial charge in [0.2, 0.25) is 0 Å². The van der Waals surface area contributed by atoms with Crippen molar-refractivity contribution in [2.45, 2.75) is 0 Å². The topological polar surface area (TPSA) is 63.8 Å². The summed E-state index contributed by atoms with van der Waals surface area (Å²) in [6.07, 6.45) is 5.05. The second kappa shape index (κ2) is 3.40. The highest BCUT2D eigenvalue weighted by molar-refractivity contribution is 7.13. The normalized spacial score (nSPS) is 9.85. The molecule has 2 rings (SSSR count). The molecule has 0 unspecified atom stereocenters. The van der Waals surface area contributed by atoms with Gasteiger partial charge in [0.05, 0.1) is 17.6 Å². The first-order valence-electron chi connectivity index (χ1n) is 3.71. The highest BCUT2D eigenvalue weighted by Gasteiger charge is 1.96. The molecule has 66 valence electrons. The second-order valence-corrected chi connectivity index (χ2v) is 3.36. The van der Waals surface area contributed by atoms with E-state index < -0.39 is 0 Å². The van der Waals surface area contributed by atoms with Gasteiger partial charge < -0.3 is 11.1 Å². The molecule has 0 aliphatic heterocycles. The van der Waals surface area contributed by atoms with Gasteiger partial charge in [0.15, 0.2) is 5.13 Å². The summed E-state index contributed by atoms with van der Waals surface area (Å²) in [5, 5.41) is 5.83. The van der Waals surface area contributed by atoms with Gasteiger partial charge in [-0.3, -0.25) is 4.98 Å². The van der Waals surface area contributed by atoms with E-state index in [4.69, 9.17) is 5.73 Å². The fourth-order valence-electron chi connectivity index (χ4n) is 0.935. The van der Waals surface area contributed by atoms with E-state index in [2.05, 4.69) is 15.3 Å². The zero-order valence-electron chi connectivity index (χ0n) is 6.77. The van der Waals surface area contributed by atoms with Crippen molar-refractivity contribution in [1.29, 1.82) is 0 Å². The minimum Gasteiger partial charge on any atom is -0.397 e. The summed E-state index contributed by atoms with van der Waals surface area (Å²) >= 11 is 1.53. The quantitative estimate of drug-likeness (QED) is 0.762. The van der Waals surface area contributed by atoms with Gasteiger partial charge >= 0.3 is 0 Å². The van der Waals surface area contributed by atoms with Crippen LogP contribution in [0.4, 0.5) is 16.5 Å². The molecule has 0 bridgehead atoms. The molecule has 3 N–H and O–H groups in total. The maximum absolute atomic E-state index is 5.57. The van der Waals surface area contributed by atoms with E-state index in [0.29, 0.717) is 5.69 Å². The van der Waals surface area contributed by atoms with E-state index in [1.54, 1.807) is 18.6 Å². The minimum absolute atomic E-state index is 0.640. The molecule has 0 aliphatic carbocycles. The molecule has 0 fully saturated rings. The Hall–Kier alpha value is -1.62. The molecule has 0 aliphatic rings. The number of hydrogen-bond donors (Lipinski definition) is 2. The Kier molecular flexibility index (Phi) is 2.09. The first-order valence-corrected chi connectivity index (χ1v) is 4.59. The Morgan fingerprint density at radius 2 is 2.31 bits per heavy atom. The number of aromatic nitrogens is 2. The van der Waals surface area contributed by atoms with Gasteiger partial charge in [-0.05, 0) is 6.07 Å². The lowest BCUT2D eigenvalue weighted by Gasteiger charge is -2.01. The first kappa shape index (κ1) is 8.00. The van der Waals surface area contributed by atoms with Crippen molar-refractivity contribution in [3.05, 3.63) is 30.0 Å². The number of nitrogens with one attached hydrogen (secondary N) is 1. The SMILES string of the molecule is Nc1cncc(Nc2nccs2)c1. The summed E-state index contributed by atoms with van der Waals surface area (Å²) in [5.41, 5.74) is 7.06. The number of thiazole rings is 1. The zero-order valence-corrected chi connectivity index (χ0v) is 7.58. The Bertz CT molecular complexity index is 385. The maximum atomic E-state index is 5.57. The number of nitrogens with zero attached hydrogens (tertiary/aromatic N) is 2. The molecule has 0 aromatic carbocycles. The molecule has 2 aromatic heterocycles. The molecule has 0 spiro atoms.